The van der Waals surface area contributed by atoms with Crippen LogP contribution in [0.2, 0.25) is 0 Å². The Labute approximate surface area is 119 Å². The molecule has 0 atom stereocenters. The van der Waals surface area contributed by atoms with Crippen LogP contribution < -0.4 is 0 Å². The molecule has 3 heteroatoms. The van der Waals surface area contributed by atoms with Crippen LogP contribution in [0.5, 0.6) is 0 Å². The molecule has 1 saturated heterocycles. The smallest absolute Gasteiger partial charge is 0.135 e. The molecule has 0 aliphatic carbocycles. The summed E-state index contributed by atoms with van der Waals surface area (Å²) in [6.07, 6.45) is 5.03. The second-order valence-corrected chi connectivity index (χ2v) is 5.21. The Morgan fingerprint density at radius 1 is 1.00 bits per heavy atom. The number of pyridine rings is 1. The number of Topliss-reactive ketones (excluding diaryl/α,β-unsaturated/α-hetero) is 1. The van der Waals surface area contributed by atoms with E-state index in [9.17, 15) is 4.79 Å². The van der Waals surface area contributed by atoms with Crippen LogP contribution >= 0.6 is 0 Å². The van der Waals surface area contributed by atoms with Gasteiger partial charge in [0.05, 0.1) is 0 Å². The number of aromatic nitrogens is 1. The SMILES string of the molecule is O=C1CCN(Cc2ccccc2-c2ccncc2)CC1. The molecule has 1 fully saturated rings. The summed E-state index contributed by atoms with van der Waals surface area (Å²) in [6.45, 7) is 2.67. The highest BCUT2D eigenvalue weighted by molar-refractivity contribution is 5.79. The molecule has 1 aliphatic heterocycles. The lowest BCUT2D eigenvalue weighted by atomic mass is 9.99. The summed E-state index contributed by atoms with van der Waals surface area (Å²) in [4.78, 5) is 17.8. The maximum atomic E-state index is 11.3. The van der Waals surface area contributed by atoms with Gasteiger partial charge in [0.15, 0.2) is 0 Å². The molecule has 1 aliphatic rings. The largest absolute Gasteiger partial charge is 0.300 e. The molecule has 20 heavy (non-hydrogen) atoms. The Morgan fingerprint density at radius 2 is 1.70 bits per heavy atom. The normalized spacial score (nSPS) is 16.3. The van der Waals surface area contributed by atoms with Gasteiger partial charge in [-0.15, -0.1) is 0 Å². The molecule has 0 amide bonds. The zero-order valence-electron chi connectivity index (χ0n) is 11.5. The maximum absolute atomic E-state index is 11.3. The monoisotopic (exact) mass is 266 g/mol. The lowest BCUT2D eigenvalue weighted by molar-refractivity contribution is -0.121. The van der Waals surface area contributed by atoms with Crippen molar-refractivity contribution in [3.8, 4) is 11.1 Å². The number of rotatable bonds is 3. The van der Waals surface area contributed by atoms with E-state index in [1.165, 1.54) is 16.7 Å². The highest BCUT2D eigenvalue weighted by Crippen LogP contribution is 2.24. The van der Waals surface area contributed by atoms with Crippen molar-refractivity contribution in [3.63, 3.8) is 0 Å². The quantitative estimate of drug-likeness (QED) is 0.856. The minimum atomic E-state index is 0.392. The van der Waals surface area contributed by atoms with E-state index in [4.69, 9.17) is 0 Å². The van der Waals surface area contributed by atoms with E-state index in [-0.39, 0.29) is 0 Å². The topological polar surface area (TPSA) is 33.2 Å². The molecule has 0 N–H and O–H groups in total. The van der Waals surface area contributed by atoms with E-state index >= 15 is 0 Å². The molecule has 0 radical (unpaired) electrons. The van der Waals surface area contributed by atoms with Crippen molar-refractivity contribution in [1.82, 2.24) is 9.88 Å². The number of ketones is 1. The van der Waals surface area contributed by atoms with Crippen molar-refractivity contribution in [2.24, 2.45) is 0 Å². The molecule has 2 heterocycles. The third kappa shape index (κ3) is 2.94. The standard InChI is InChI=1S/C17H18N2O/c20-16-7-11-19(12-8-16)13-15-3-1-2-4-17(15)14-5-9-18-10-6-14/h1-6,9-10H,7-8,11-13H2. The van der Waals surface area contributed by atoms with Crippen molar-refractivity contribution in [2.75, 3.05) is 13.1 Å². The van der Waals surface area contributed by atoms with Gasteiger partial charge in [-0.2, -0.15) is 0 Å². The molecule has 2 aromatic rings. The molecule has 1 aromatic carbocycles. The average Bonchev–Trinajstić information content (AvgIpc) is 2.51. The summed E-state index contributed by atoms with van der Waals surface area (Å²) in [7, 11) is 0. The minimum absolute atomic E-state index is 0.392. The maximum Gasteiger partial charge on any atom is 0.135 e. The van der Waals surface area contributed by atoms with Crippen LogP contribution in [0.4, 0.5) is 0 Å². The Balaban J connectivity index is 1.82. The molecule has 0 spiro atoms. The lowest BCUT2D eigenvalue weighted by Gasteiger charge is -2.26. The molecule has 0 bridgehead atoms. The van der Waals surface area contributed by atoms with Crippen LogP contribution in [0.1, 0.15) is 18.4 Å². The average molecular weight is 266 g/mol. The molecule has 3 rings (SSSR count). The molecular weight excluding hydrogens is 248 g/mol. The molecule has 102 valence electrons. The second kappa shape index (κ2) is 5.97. The molecule has 0 unspecified atom stereocenters. The van der Waals surface area contributed by atoms with Gasteiger partial charge in [-0.1, -0.05) is 24.3 Å². The van der Waals surface area contributed by atoms with Crippen LogP contribution in [-0.4, -0.2) is 28.8 Å². The summed E-state index contributed by atoms with van der Waals surface area (Å²) in [6, 6.07) is 12.6. The van der Waals surface area contributed by atoms with Gasteiger partial charge in [0.1, 0.15) is 5.78 Å². The van der Waals surface area contributed by atoms with Gasteiger partial charge in [-0.25, -0.2) is 0 Å². The molecule has 3 nitrogen and oxygen atoms in total. The van der Waals surface area contributed by atoms with Gasteiger partial charge in [0, 0.05) is 44.9 Å². The molecular formula is C17H18N2O. The van der Waals surface area contributed by atoms with Gasteiger partial charge in [0.25, 0.3) is 0 Å². The molecule has 1 aromatic heterocycles. The Kier molecular flexibility index (Phi) is 3.88. The van der Waals surface area contributed by atoms with E-state index in [1.54, 1.807) is 0 Å². The van der Waals surface area contributed by atoms with Crippen LogP contribution in [0.3, 0.4) is 0 Å². The van der Waals surface area contributed by atoms with Gasteiger partial charge in [0.2, 0.25) is 0 Å². The number of nitrogens with zero attached hydrogens (tertiary/aromatic N) is 2. The van der Waals surface area contributed by atoms with Gasteiger partial charge in [-0.05, 0) is 28.8 Å². The fourth-order valence-electron chi connectivity index (χ4n) is 2.67. The first-order chi connectivity index (χ1) is 9.83. The number of benzene rings is 1. The van der Waals surface area contributed by atoms with E-state index in [2.05, 4.69) is 34.1 Å². The van der Waals surface area contributed by atoms with E-state index in [0.29, 0.717) is 18.6 Å². The summed E-state index contributed by atoms with van der Waals surface area (Å²) in [5.41, 5.74) is 3.77. The summed E-state index contributed by atoms with van der Waals surface area (Å²) >= 11 is 0. The van der Waals surface area contributed by atoms with E-state index in [1.807, 2.05) is 24.5 Å². The fourth-order valence-corrected chi connectivity index (χ4v) is 2.67. The Morgan fingerprint density at radius 3 is 2.45 bits per heavy atom. The number of hydrogen-bond acceptors (Lipinski definition) is 3. The highest BCUT2D eigenvalue weighted by atomic mass is 16.1. The number of likely N-dealkylation sites (tertiary alicyclic amines) is 1. The predicted molar refractivity (Wildman–Crippen MR) is 79.2 cm³/mol. The first kappa shape index (κ1) is 13.0. The zero-order chi connectivity index (χ0) is 13.8. The van der Waals surface area contributed by atoms with Gasteiger partial charge in [-0.3, -0.25) is 14.7 Å². The van der Waals surface area contributed by atoms with Crippen LogP contribution in [0.25, 0.3) is 11.1 Å². The summed E-state index contributed by atoms with van der Waals surface area (Å²) < 4.78 is 0. The predicted octanol–water partition coefficient (Wildman–Crippen LogP) is 2.91. The summed E-state index contributed by atoms with van der Waals surface area (Å²) in [5.74, 6) is 0.392. The number of carbonyl (C=O) groups is 1. The van der Waals surface area contributed by atoms with Crippen LogP contribution in [0.15, 0.2) is 48.8 Å². The Bertz CT molecular complexity index is 585. The Hall–Kier alpha value is -2.00. The van der Waals surface area contributed by atoms with Crippen molar-refractivity contribution in [1.29, 1.82) is 0 Å². The highest BCUT2D eigenvalue weighted by Gasteiger charge is 2.17. The van der Waals surface area contributed by atoms with E-state index in [0.717, 1.165) is 19.6 Å². The number of carbonyl (C=O) groups excluding carboxylic acids is 1. The zero-order valence-corrected chi connectivity index (χ0v) is 11.5. The second-order valence-electron chi connectivity index (χ2n) is 5.21. The van der Waals surface area contributed by atoms with Crippen LogP contribution in [-0.2, 0) is 11.3 Å². The van der Waals surface area contributed by atoms with Crippen LogP contribution in [0, 0.1) is 0 Å². The van der Waals surface area contributed by atoms with Crippen molar-refractivity contribution >= 4 is 5.78 Å². The van der Waals surface area contributed by atoms with Crippen molar-refractivity contribution in [2.45, 2.75) is 19.4 Å². The lowest BCUT2D eigenvalue weighted by Crippen LogP contribution is -2.33. The number of hydrogen-bond donors (Lipinski definition) is 0. The van der Waals surface area contributed by atoms with Gasteiger partial charge < -0.3 is 0 Å². The third-order valence-corrected chi connectivity index (χ3v) is 3.82. The third-order valence-electron chi connectivity index (χ3n) is 3.82. The number of piperidine rings is 1. The summed E-state index contributed by atoms with van der Waals surface area (Å²) in [5, 5.41) is 0. The first-order valence-corrected chi connectivity index (χ1v) is 7.05. The molecule has 0 saturated carbocycles. The first-order valence-electron chi connectivity index (χ1n) is 7.05. The van der Waals surface area contributed by atoms with E-state index < -0.39 is 0 Å². The van der Waals surface area contributed by atoms with Crippen molar-refractivity contribution in [3.05, 3.63) is 54.4 Å². The minimum Gasteiger partial charge on any atom is -0.300 e. The van der Waals surface area contributed by atoms with Gasteiger partial charge >= 0.3 is 0 Å². The van der Waals surface area contributed by atoms with Crippen molar-refractivity contribution < 1.29 is 4.79 Å². The fraction of sp³-hybridized carbons (Fsp3) is 0.294.